The minimum absolute atomic E-state index is 0.267. The number of carbonyl (C=O) groups excluding carboxylic acids is 2. The van der Waals surface area contributed by atoms with Crippen molar-refractivity contribution < 1.29 is 9.59 Å². The van der Waals surface area contributed by atoms with Crippen molar-refractivity contribution in [2.45, 2.75) is 0 Å². The van der Waals surface area contributed by atoms with Gasteiger partial charge in [-0.3, -0.25) is 9.59 Å². The lowest BCUT2D eigenvalue weighted by atomic mass is 10.1. The summed E-state index contributed by atoms with van der Waals surface area (Å²) < 4.78 is 1.50. The number of benzene rings is 3. The van der Waals surface area contributed by atoms with Gasteiger partial charge in [-0.05, 0) is 36.4 Å². The number of hydrogen-bond acceptors (Lipinski definition) is 3. The van der Waals surface area contributed by atoms with Crippen molar-refractivity contribution in [3.63, 3.8) is 0 Å². The van der Waals surface area contributed by atoms with Gasteiger partial charge in [0.1, 0.15) is 0 Å². The van der Waals surface area contributed by atoms with Crippen molar-refractivity contribution in [3.8, 4) is 0 Å². The first-order valence-corrected chi connectivity index (χ1v) is 9.64. The van der Waals surface area contributed by atoms with Crippen molar-refractivity contribution in [1.82, 2.24) is 4.57 Å². The van der Waals surface area contributed by atoms with Gasteiger partial charge in [0.15, 0.2) is 0 Å². The standard InChI is InChI=1S/C24H20N4O3/c1-28-21-13-6-5-12-19(21)20(15-22(28)29)23(30)25-17-10-7-11-18(14-17)27-24(31)26-16-8-3-2-4-9-16/h2-15H,1H3,(H,25,30)(H2,26,27,31). The van der Waals surface area contributed by atoms with Crippen molar-refractivity contribution >= 4 is 39.9 Å². The second-order valence-electron chi connectivity index (χ2n) is 6.95. The maximum atomic E-state index is 12.9. The molecule has 3 amide bonds. The van der Waals surface area contributed by atoms with Crippen LogP contribution in [0.2, 0.25) is 0 Å². The second kappa shape index (κ2) is 8.54. The SMILES string of the molecule is Cn1c(=O)cc(C(=O)Nc2cccc(NC(=O)Nc3ccccc3)c2)c2ccccc21. The van der Waals surface area contributed by atoms with E-state index in [1.807, 2.05) is 30.3 Å². The summed E-state index contributed by atoms with van der Waals surface area (Å²) in [5.74, 6) is -0.403. The highest BCUT2D eigenvalue weighted by Gasteiger charge is 2.14. The zero-order valence-electron chi connectivity index (χ0n) is 16.8. The summed E-state index contributed by atoms with van der Waals surface area (Å²) in [5.41, 5.74) is 2.37. The molecule has 0 aliphatic heterocycles. The molecule has 1 aromatic heterocycles. The summed E-state index contributed by atoms with van der Waals surface area (Å²) in [6, 6.07) is 24.0. The molecule has 0 atom stereocenters. The molecule has 0 aliphatic rings. The van der Waals surface area contributed by atoms with Gasteiger partial charge in [-0.15, -0.1) is 0 Å². The van der Waals surface area contributed by atoms with Gasteiger partial charge in [0.05, 0.1) is 11.1 Å². The average molecular weight is 412 g/mol. The monoisotopic (exact) mass is 412 g/mol. The van der Waals surface area contributed by atoms with E-state index in [0.29, 0.717) is 33.5 Å². The Hall–Kier alpha value is -4.39. The summed E-state index contributed by atoms with van der Waals surface area (Å²) in [6.45, 7) is 0. The molecule has 0 fully saturated rings. The van der Waals surface area contributed by atoms with Gasteiger partial charge in [-0.1, -0.05) is 42.5 Å². The largest absolute Gasteiger partial charge is 0.323 e. The van der Waals surface area contributed by atoms with Crippen LogP contribution in [0, 0.1) is 0 Å². The molecule has 7 nitrogen and oxygen atoms in total. The third kappa shape index (κ3) is 4.45. The number of carbonyl (C=O) groups is 2. The summed E-state index contributed by atoms with van der Waals surface area (Å²) in [4.78, 5) is 37.4. The molecule has 0 aliphatic carbocycles. The lowest BCUT2D eigenvalue weighted by molar-refractivity contribution is 0.102. The highest BCUT2D eigenvalue weighted by atomic mass is 16.2. The van der Waals surface area contributed by atoms with E-state index in [1.165, 1.54) is 10.6 Å². The normalized spacial score (nSPS) is 10.5. The molecule has 3 aromatic carbocycles. The molecule has 0 saturated carbocycles. The van der Waals surface area contributed by atoms with Crippen molar-refractivity contribution in [1.29, 1.82) is 0 Å². The number of anilines is 3. The highest BCUT2D eigenvalue weighted by molar-refractivity contribution is 6.12. The summed E-state index contributed by atoms with van der Waals surface area (Å²) in [7, 11) is 1.67. The third-order valence-corrected chi connectivity index (χ3v) is 4.81. The van der Waals surface area contributed by atoms with Gasteiger partial charge in [-0.25, -0.2) is 4.79 Å². The third-order valence-electron chi connectivity index (χ3n) is 4.81. The Kier molecular flexibility index (Phi) is 5.49. The number of para-hydroxylation sites is 2. The lowest BCUT2D eigenvalue weighted by Gasteiger charge is -2.12. The minimum Gasteiger partial charge on any atom is -0.322 e. The number of rotatable bonds is 4. The van der Waals surface area contributed by atoms with Crippen LogP contribution in [-0.2, 0) is 7.05 Å². The first-order valence-electron chi connectivity index (χ1n) is 9.64. The Balaban J connectivity index is 1.52. The van der Waals surface area contributed by atoms with Gasteiger partial charge in [-0.2, -0.15) is 0 Å². The number of pyridine rings is 1. The Bertz CT molecular complexity index is 1330. The molecule has 0 unspecified atom stereocenters. The highest BCUT2D eigenvalue weighted by Crippen LogP contribution is 2.20. The molecule has 0 radical (unpaired) electrons. The molecular weight excluding hydrogens is 392 g/mol. The van der Waals surface area contributed by atoms with Gasteiger partial charge in [0.2, 0.25) is 0 Å². The van der Waals surface area contributed by atoms with Gasteiger partial charge in [0, 0.05) is 35.6 Å². The maximum absolute atomic E-state index is 12.9. The maximum Gasteiger partial charge on any atom is 0.323 e. The molecule has 7 heteroatoms. The van der Waals surface area contributed by atoms with E-state index in [2.05, 4.69) is 16.0 Å². The van der Waals surface area contributed by atoms with Crippen molar-refractivity contribution in [3.05, 3.63) is 101 Å². The smallest absolute Gasteiger partial charge is 0.322 e. The molecule has 154 valence electrons. The van der Waals surface area contributed by atoms with Crippen LogP contribution in [-0.4, -0.2) is 16.5 Å². The molecule has 31 heavy (non-hydrogen) atoms. The molecule has 0 spiro atoms. The molecular formula is C24H20N4O3. The fraction of sp³-hybridized carbons (Fsp3) is 0.0417. The fourth-order valence-electron chi connectivity index (χ4n) is 3.29. The Morgan fingerprint density at radius 1 is 0.710 bits per heavy atom. The summed E-state index contributed by atoms with van der Waals surface area (Å²) >= 11 is 0. The first kappa shape index (κ1) is 19.9. The van der Waals surface area contributed by atoms with E-state index in [0.717, 1.165) is 0 Å². The van der Waals surface area contributed by atoms with Crippen LogP contribution in [0.5, 0.6) is 0 Å². The van der Waals surface area contributed by atoms with Gasteiger partial charge < -0.3 is 20.5 Å². The molecule has 0 bridgehead atoms. The number of urea groups is 1. The zero-order valence-corrected chi connectivity index (χ0v) is 16.8. The number of nitrogens with one attached hydrogen (secondary N) is 3. The van der Waals surface area contributed by atoms with Gasteiger partial charge >= 0.3 is 6.03 Å². The van der Waals surface area contributed by atoms with Crippen LogP contribution in [0.25, 0.3) is 10.9 Å². The quantitative estimate of drug-likeness (QED) is 0.463. The van der Waals surface area contributed by atoms with E-state index >= 15 is 0 Å². The van der Waals surface area contributed by atoms with E-state index in [-0.39, 0.29) is 5.56 Å². The lowest BCUT2D eigenvalue weighted by Crippen LogP contribution is -2.22. The number of hydrogen-bond donors (Lipinski definition) is 3. The predicted octanol–water partition coefficient (Wildman–Crippen LogP) is 4.43. The fourth-order valence-corrected chi connectivity index (χ4v) is 3.29. The molecule has 4 rings (SSSR count). The summed E-state index contributed by atoms with van der Waals surface area (Å²) in [5, 5.41) is 8.95. The summed E-state index contributed by atoms with van der Waals surface area (Å²) in [6.07, 6.45) is 0. The molecule has 1 heterocycles. The van der Waals surface area contributed by atoms with E-state index in [4.69, 9.17) is 0 Å². The Labute approximate surface area is 178 Å². The van der Waals surface area contributed by atoms with Crippen LogP contribution in [0.1, 0.15) is 10.4 Å². The minimum atomic E-state index is -0.403. The number of aryl methyl sites for hydroxylation is 1. The Morgan fingerprint density at radius 2 is 1.32 bits per heavy atom. The van der Waals surface area contributed by atoms with E-state index < -0.39 is 11.9 Å². The van der Waals surface area contributed by atoms with Crippen LogP contribution in [0.15, 0.2) is 89.7 Å². The Morgan fingerprint density at radius 3 is 2.10 bits per heavy atom. The van der Waals surface area contributed by atoms with E-state index in [1.54, 1.807) is 55.6 Å². The molecule has 3 N–H and O–H groups in total. The van der Waals surface area contributed by atoms with E-state index in [9.17, 15) is 14.4 Å². The average Bonchev–Trinajstić information content (AvgIpc) is 2.77. The number of nitrogens with zero attached hydrogens (tertiary/aromatic N) is 1. The topological polar surface area (TPSA) is 92.2 Å². The van der Waals surface area contributed by atoms with Crippen LogP contribution >= 0.6 is 0 Å². The zero-order chi connectivity index (χ0) is 21.8. The number of aromatic nitrogens is 1. The predicted molar refractivity (Wildman–Crippen MR) is 123 cm³/mol. The molecule has 0 saturated heterocycles. The van der Waals surface area contributed by atoms with Crippen LogP contribution < -0.4 is 21.5 Å². The number of fused-ring (bicyclic) bond motifs is 1. The number of amides is 3. The molecule has 4 aromatic rings. The van der Waals surface area contributed by atoms with Crippen molar-refractivity contribution in [2.75, 3.05) is 16.0 Å². The second-order valence-corrected chi connectivity index (χ2v) is 6.95. The first-order chi connectivity index (χ1) is 15.0. The van der Waals surface area contributed by atoms with Crippen LogP contribution in [0.4, 0.5) is 21.9 Å². The van der Waals surface area contributed by atoms with Crippen LogP contribution in [0.3, 0.4) is 0 Å². The van der Waals surface area contributed by atoms with Gasteiger partial charge in [0.25, 0.3) is 11.5 Å². The van der Waals surface area contributed by atoms with Crippen molar-refractivity contribution in [2.24, 2.45) is 7.05 Å².